The Hall–Kier alpha value is -1.35. The van der Waals surface area contributed by atoms with E-state index in [9.17, 15) is 9.90 Å². The fourth-order valence-corrected chi connectivity index (χ4v) is 1.84. The third-order valence-electron chi connectivity index (χ3n) is 2.76. The molecular formula is C13H18O3. The van der Waals surface area contributed by atoms with Crippen LogP contribution in [-0.4, -0.2) is 16.2 Å². The Morgan fingerprint density at radius 2 is 1.69 bits per heavy atom. The van der Waals surface area contributed by atoms with Gasteiger partial charge in [0.1, 0.15) is 0 Å². The van der Waals surface area contributed by atoms with Gasteiger partial charge in [0.2, 0.25) is 0 Å². The molecule has 1 aromatic rings. The summed E-state index contributed by atoms with van der Waals surface area (Å²) >= 11 is 0. The van der Waals surface area contributed by atoms with Gasteiger partial charge in [-0.1, -0.05) is 30.3 Å². The molecule has 0 aliphatic rings. The third kappa shape index (κ3) is 2.83. The van der Waals surface area contributed by atoms with Gasteiger partial charge in [-0.15, -0.1) is 0 Å². The van der Waals surface area contributed by atoms with Crippen LogP contribution in [0.25, 0.3) is 0 Å². The predicted octanol–water partition coefficient (Wildman–Crippen LogP) is 2.39. The number of benzene rings is 1. The van der Waals surface area contributed by atoms with Crippen LogP contribution in [-0.2, 0) is 10.4 Å². The van der Waals surface area contributed by atoms with Crippen molar-refractivity contribution < 1.29 is 15.0 Å². The van der Waals surface area contributed by atoms with Crippen molar-refractivity contribution in [1.29, 1.82) is 0 Å². The molecule has 0 bridgehead atoms. The van der Waals surface area contributed by atoms with Crippen molar-refractivity contribution in [3.63, 3.8) is 0 Å². The lowest BCUT2D eigenvalue weighted by Crippen LogP contribution is -2.34. The van der Waals surface area contributed by atoms with E-state index in [2.05, 4.69) is 0 Å². The zero-order valence-corrected chi connectivity index (χ0v) is 9.90. The van der Waals surface area contributed by atoms with E-state index in [1.807, 2.05) is 18.2 Å². The van der Waals surface area contributed by atoms with Crippen LogP contribution in [0.1, 0.15) is 32.8 Å². The van der Waals surface area contributed by atoms with E-state index in [1.54, 1.807) is 32.9 Å². The summed E-state index contributed by atoms with van der Waals surface area (Å²) in [5.41, 5.74) is -1.33. The van der Waals surface area contributed by atoms with Gasteiger partial charge in [-0.2, -0.15) is 0 Å². The van der Waals surface area contributed by atoms with Crippen LogP contribution in [0, 0.1) is 5.41 Å². The van der Waals surface area contributed by atoms with Crippen LogP contribution in [0.4, 0.5) is 0 Å². The molecule has 0 saturated carbocycles. The van der Waals surface area contributed by atoms with E-state index in [1.165, 1.54) is 0 Å². The minimum atomic E-state index is -1.12. The molecule has 1 unspecified atom stereocenters. The van der Waals surface area contributed by atoms with E-state index < -0.39 is 17.0 Å². The molecular weight excluding hydrogens is 204 g/mol. The summed E-state index contributed by atoms with van der Waals surface area (Å²) in [5, 5.41) is 19.3. The highest BCUT2D eigenvalue weighted by Crippen LogP contribution is 2.34. The Morgan fingerprint density at radius 3 is 2.12 bits per heavy atom. The van der Waals surface area contributed by atoms with Crippen molar-refractivity contribution in [3.8, 4) is 0 Å². The maximum atomic E-state index is 11.0. The van der Waals surface area contributed by atoms with Crippen LogP contribution >= 0.6 is 0 Å². The zero-order valence-electron chi connectivity index (χ0n) is 9.90. The molecule has 16 heavy (non-hydrogen) atoms. The summed E-state index contributed by atoms with van der Waals surface area (Å²) in [4.78, 5) is 11.0. The predicted molar refractivity (Wildman–Crippen MR) is 62.0 cm³/mol. The quantitative estimate of drug-likeness (QED) is 0.822. The van der Waals surface area contributed by atoms with Crippen LogP contribution < -0.4 is 0 Å². The standard InChI is InChI=1S/C13H18O3/c1-12(2,11(14)15)9-13(3,16)10-7-5-4-6-8-10/h4-8,16H,9H2,1-3H3,(H,14,15). The molecule has 0 heterocycles. The van der Waals surface area contributed by atoms with Crippen LogP contribution in [0.15, 0.2) is 30.3 Å². The fourth-order valence-electron chi connectivity index (χ4n) is 1.84. The van der Waals surface area contributed by atoms with Crippen LogP contribution in [0.5, 0.6) is 0 Å². The molecule has 0 aliphatic carbocycles. The van der Waals surface area contributed by atoms with Gasteiger partial charge in [0, 0.05) is 0 Å². The molecule has 1 rings (SSSR count). The fraction of sp³-hybridized carbons (Fsp3) is 0.462. The highest BCUT2D eigenvalue weighted by molar-refractivity contribution is 5.73. The molecule has 0 spiro atoms. The van der Waals surface area contributed by atoms with Gasteiger partial charge in [0.05, 0.1) is 11.0 Å². The number of rotatable bonds is 4. The summed E-state index contributed by atoms with van der Waals surface area (Å²) in [6.07, 6.45) is 0.180. The Labute approximate surface area is 95.7 Å². The van der Waals surface area contributed by atoms with Gasteiger partial charge < -0.3 is 10.2 Å². The molecule has 0 aromatic heterocycles. The number of hydrogen-bond acceptors (Lipinski definition) is 2. The molecule has 0 radical (unpaired) electrons. The first kappa shape index (κ1) is 12.7. The van der Waals surface area contributed by atoms with E-state index in [4.69, 9.17) is 5.11 Å². The topological polar surface area (TPSA) is 57.5 Å². The second kappa shape index (κ2) is 4.26. The molecule has 0 aliphatic heterocycles. The molecule has 0 amide bonds. The maximum absolute atomic E-state index is 11.0. The molecule has 3 nitrogen and oxygen atoms in total. The molecule has 1 atom stereocenters. The number of carboxylic acids is 1. The number of carbonyl (C=O) groups is 1. The first-order valence-corrected chi connectivity index (χ1v) is 5.27. The van der Waals surface area contributed by atoms with Crippen molar-refractivity contribution in [3.05, 3.63) is 35.9 Å². The highest BCUT2D eigenvalue weighted by Gasteiger charge is 2.36. The smallest absolute Gasteiger partial charge is 0.309 e. The molecule has 1 aromatic carbocycles. The average molecular weight is 222 g/mol. The third-order valence-corrected chi connectivity index (χ3v) is 2.76. The SMILES string of the molecule is CC(C)(CC(C)(O)c1ccccc1)C(=O)O. The van der Waals surface area contributed by atoms with Crippen molar-refractivity contribution in [1.82, 2.24) is 0 Å². The summed E-state index contributed by atoms with van der Waals surface area (Å²) in [7, 11) is 0. The Bertz CT molecular complexity index is 366. The second-order valence-electron chi connectivity index (χ2n) is 5.01. The summed E-state index contributed by atoms with van der Waals surface area (Å²) in [5.74, 6) is -0.899. The van der Waals surface area contributed by atoms with Gasteiger partial charge in [0.25, 0.3) is 0 Å². The Morgan fingerprint density at radius 1 is 1.19 bits per heavy atom. The van der Waals surface area contributed by atoms with E-state index in [-0.39, 0.29) is 6.42 Å². The van der Waals surface area contributed by atoms with Crippen molar-refractivity contribution in [2.45, 2.75) is 32.8 Å². The Kier molecular flexibility index (Phi) is 3.38. The first-order valence-electron chi connectivity index (χ1n) is 5.27. The Balaban J connectivity index is 2.92. The zero-order chi connectivity index (χ0) is 12.4. The normalized spacial score (nSPS) is 15.5. The minimum absolute atomic E-state index is 0.180. The average Bonchev–Trinajstić information content (AvgIpc) is 2.17. The lowest BCUT2D eigenvalue weighted by molar-refractivity contribution is -0.150. The number of aliphatic hydroxyl groups is 1. The molecule has 2 N–H and O–H groups in total. The molecule has 88 valence electrons. The molecule has 3 heteroatoms. The summed E-state index contributed by atoms with van der Waals surface area (Å²) in [6, 6.07) is 9.13. The van der Waals surface area contributed by atoms with E-state index in [0.717, 1.165) is 5.56 Å². The lowest BCUT2D eigenvalue weighted by Gasteiger charge is -2.31. The van der Waals surface area contributed by atoms with Gasteiger partial charge in [-0.3, -0.25) is 4.79 Å². The maximum Gasteiger partial charge on any atom is 0.309 e. The van der Waals surface area contributed by atoms with Crippen molar-refractivity contribution in [2.75, 3.05) is 0 Å². The van der Waals surface area contributed by atoms with Crippen molar-refractivity contribution in [2.24, 2.45) is 5.41 Å². The van der Waals surface area contributed by atoms with Crippen LogP contribution in [0.3, 0.4) is 0 Å². The van der Waals surface area contributed by atoms with E-state index >= 15 is 0 Å². The number of hydrogen-bond donors (Lipinski definition) is 2. The van der Waals surface area contributed by atoms with Crippen molar-refractivity contribution >= 4 is 5.97 Å². The van der Waals surface area contributed by atoms with E-state index in [0.29, 0.717) is 0 Å². The van der Waals surface area contributed by atoms with Gasteiger partial charge >= 0.3 is 5.97 Å². The lowest BCUT2D eigenvalue weighted by atomic mass is 9.78. The molecule has 0 saturated heterocycles. The first-order chi connectivity index (χ1) is 7.26. The highest BCUT2D eigenvalue weighted by atomic mass is 16.4. The number of aliphatic carboxylic acids is 1. The van der Waals surface area contributed by atoms with Gasteiger partial charge in [-0.25, -0.2) is 0 Å². The van der Waals surface area contributed by atoms with Crippen LogP contribution in [0.2, 0.25) is 0 Å². The van der Waals surface area contributed by atoms with Gasteiger partial charge in [0.15, 0.2) is 0 Å². The largest absolute Gasteiger partial charge is 0.481 e. The monoisotopic (exact) mass is 222 g/mol. The van der Waals surface area contributed by atoms with Gasteiger partial charge in [-0.05, 0) is 32.8 Å². The summed E-state index contributed by atoms with van der Waals surface area (Å²) in [6.45, 7) is 4.88. The minimum Gasteiger partial charge on any atom is -0.481 e. The summed E-state index contributed by atoms with van der Waals surface area (Å²) < 4.78 is 0. The molecule has 0 fully saturated rings. The second-order valence-corrected chi connectivity index (χ2v) is 5.01. The number of carboxylic acid groups (broad SMARTS) is 1.